The van der Waals surface area contributed by atoms with E-state index in [1.807, 2.05) is 6.92 Å². The molecule has 1 heterocycles. The Morgan fingerprint density at radius 3 is 2.31 bits per heavy atom. The minimum absolute atomic E-state index is 0.000587. The van der Waals surface area contributed by atoms with Gasteiger partial charge in [0.25, 0.3) is 10.0 Å². The summed E-state index contributed by atoms with van der Waals surface area (Å²) < 4.78 is 38.8. The average Bonchev–Trinajstić information content (AvgIpc) is 3.59. The van der Waals surface area contributed by atoms with E-state index in [4.69, 9.17) is 9.47 Å². The van der Waals surface area contributed by atoms with Gasteiger partial charge < -0.3 is 9.47 Å². The minimum atomic E-state index is -3.83. The van der Waals surface area contributed by atoms with Crippen LogP contribution in [0.2, 0.25) is 0 Å². The number of hydrogen-bond acceptors (Lipinski definition) is 8. The Hall–Kier alpha value is -3.01. The minimum Gasteiger partial charge on any atom is -0.469 e. The predicted octanol–water partition coefficient (Wildman–Crippen LogP) is 9.03. The topological polar surface area (TPSA) is 117 Å². The quantitative estimate of drug-likeness (QED) is 0.193. The lowest BCUT2D eigenvalue weighted by Crippen LogP contribution is -2.65. The molecule has 4 saturated carbocycles. The van der Waals surface area contributed by atoms with Crippen LogP contribution in [0.1, 0.15) is 137 Å². The zero-order valence-corrected chi connectivity index (χ0v) is 35.0. The van der Waals surface area contributed by atoms with Gasteiger partial charge in [-0.05, 0) is 136 Å². The third-order valence-electron chi connectivity index (χ3n) is 16.3. The molecule has 1 aromatic heterocycles. The number of allylic oxidation sites excluding steroid dienone is 2. The number of hydrogen-bond donors (Lipinski definition) is 0. The monoisotopic (exact) mass is 761 g/mol. The number of aromatic nitrogens is 3. The number of fused-ring (bicyclic) bond motifs is 7. The second-order valence-electron chi connectivity index (χ2n) is 20.0. The second-order valence-corrected chi connectivity index (χ2v) is 21.8. The summed E-state index contributed by atoms with van der Waals surface area (Å²) in [5.74, 6) is 0.965. The maximum Gasteiger partial charge on any atom is 0.312 e. The Bertz CT molecular complexity index is 1930. The first-order valence-electron chi connectivity index (χ1n) is 20.5. The molecule has 10 heteroatoms. The van der Waals surface area contributed by atoms with Crippen LogP contribution in [-0.4, -0.2) is 48.0 Å². The number of carbonyl (C=O) groups is 2. The molecule has 0 saturated heterocycles. The number of ether oxygens (including phenoxy) is 2. The summed E-state index contributed by atoms with van der Waals surface area (Å²) in [6.45, 7) is 19.0. The van der Waals surface area contributed by atoms with Crippen LogP contribution < -0.4 is 0 Å². The molecule has 5 aliphatic rings. The first-order valence-corrected chi connectivity index (χ1v) is 21.9. The molecular formula is C44H63N3O6S. The number of rotatable bonds is 8. The highest BCUT2D eigenvalue weighted by Crippen LogP contribution is 2.76. The third kappa shape index (κ3) is 6.01. The van der Waals surface area contributed by atoms with Gasteiger partial charge in [-0.1, -0.05) is 83.0 Å². The van der Waals surface area contributed by atoms with Gasteiger partial charge in [-0.15, -0.1) is 9.19 Å². The van der Waals surface area contributed by atoms with E-state index in [-0.39, 0.29) is 62.4 Å². The van der Waals surface area contributed by atoms with E-state index in [0.29, 0.717) is 30.4 Å². The third-order valence-corrected chi connectivity index (χ3v) is 17.9. The van der Waals surface area contributed by atoms with Crippen LogP contribution in [0.3, 0.4) is 0 Å². The molecule has 2 aromatic rings. The van der Waals surface area contributed by atoms with Gasteiger partial charge in [-0.3, -0.25) is 9.59 Å². The molecule has 7 rings (SSSR count). The zero-order valence-electron chi connectivity index (χ0n) is 34.2. The summed E-state index contributed by atoms with van der Waals surface area (Å²) in [5, 5.41) is 7.96. The van der Waals surface area contributed by atoms with E-state index >= 15 is 0 Å². The van der Waals surface area contributed by atoms with Crippen LogP contribution in [-0.2, 0) is 35.5 Å². The number of aryl methyl sites for hydroxylation is 2. The van der Waals surface area contributed by atoms with Crippen molar-refractivity contribution in [2.75, 3.05) is 7.11 Å². The van der Waals surface area contributed by atoms with Crippen LogP contribution in [0.4, 0.5) is 0 Å². The SMILES string of the molecule is COC(=O)[C@]12CCC(C)(C)C[C@H]1C1=CC[C@@H]3[C@@]4(C)CC[C@H](OC(=O)CCCc5cn(S(=O)(=O)c6ccc(C)cc6)nn5)C(C)(C)[C@@H]4CC[C@@]3(C)[C@]1(C)CC2. The maximum absolute atomic E-state index is 13.6. The van der Waals surface area contributed by atoms with Crippen LogP contribution >= 0.6 is 0 Å². The maximum atomic E-state index is 13.6. The van der Waals surface area contributed by atoms with Gasteiger partial charge in [0.15, 0.2) is 0 Å². The molecular weight excluding hydrogens is 699 g/mol. The molecule has 0 N–H and O–H groups in total. The largest absolute Gasteiger partial charge is 0.469 e. The van der Waals surface area contributed by atoms with Crippen molar-refractivity contribution in [2.45, 2.75) is 150 Å². The summed E-state index contributed by atoms with van der Waals surface area (Å²) >= 11 is 0. The summed E-state index contributed by atoms with van der Waals surface area (Å²) in [4.78, 5) is 27.1. The highest BCUT2D eigenvalue weighted by molar-refractivity contribution is 7.89. The summed E-state index contributed by atoms with van der Waals surface area (Å²) in [5.41, 5.74) is 2.93. The molecule has 9 nitrogen and oxygen atoms in total. The fourth-order valence-corrected chi connectivity index (χ4v) is 14.1. The van der Waals surface area contributed by atoms with E-state index in [9.17, 15) is 18.0 Å². The van der Waals surface area contributed by atoms with Crippen LogP contribution in [0.5, 0.6) is 0 Å². The molecule has 8 atom stereocenters. The lowest BCUT2D eigenvalue weighted by molar-refractivity contribution is -0.214. The van der Waals surface area contributed by atoms with E-state index in [1.165, 1.54) is 6.20 Å². The first kappa shape index (κ1) is 39.2. The fourth-order valence-electron chi connectivity index (χ4n) is 13.0. The molecule has 0 unspecified atom stereocenters. The fraction of sp³-hybridized carbons (Fsp3) is 0.727. The Balaban J connectivity index is 1.02. The molecule has 1 aromatic carbocycles. The van der Waals surface area contributed by atoms with Crippen LogP contribution in [0.15, 0.2) is 47.0 Å². The van der Waals surface area contributed by atoms with Crippen molar-refractivity contribution < 1.29 is 27.5 Å². The lowest BCUT2D eigenvalue weighted by Gasteiger charge is -2.71. The van der Waals surface area contributed by atoms with Crippen LogP contribution in [0, 0.1) is 57.2 Å². The van der Waals surface area contributed by atoms with Gasteiger partial charge in [0.1, 0.15) is 6.10 Å². The summed E-state index contributed by atoms with van der Waals surface area (Å²) in [6.07, 6.45) is 15.2. The Morgan fingerprint density at radius 2 is 1.61 bits per heavy atom. The van der Waals surface area contributed by atoms with Crippen LogP contribution in [0.25, 0.3) is 0 Å². The lowest BCUT2D eigenvalue weighted by atomic mass is 9.33. The van der Waals surface area contributed by atoms with Gasteiger partial charge in [0.05, 0.1) is 29.3 Å². The molecule has 296 valence electrons. The molecule has 54 heavy (non-hydrogen) atoms. The standard InChI is InChI=1S/C44H63N3O6S/c1-29-13-15-31(16-14-29)54(50,51)47-28-30(45-46-47)11-10-12-37(48)53-36-20-21-41(6)34(40(36,4)5)19-22-43(8)35(41)18-17-32-33-27-39(2,3)23-25-44(33,38(49)52-9)26-24-42(32,43)7/h13-17,28,33-36H,10-12,18-27H2,1-9H3/t33-,34-,35+,36-,41-,42+,43+,44-/m0/s1. The van der Waals surface area contributed by atoms with Crippen molar-refractivity contribution in [3.63, 3.8) is 0 Å². The van der Waals surface area contributed by atoms with Crippen molar-refractivity contribution in [1.29, 1.82) is 0 Å². The predicted molar refractivity (Wildman–Crippen MR) is 208 cm³/mol. The van der Waals surface area contributed by atoms with Gasteiger partial charge >= 0.3 is 11.9 Å². The summed E-state index contributed by atoms with van der Waals surface area (Å²) in [6, 6.07) is 6.64. The van der Waals surface area contributed by atoms with Crippen molar-refractivity contribution in [3.05, 3.63) is 53.4 Å². The van der Waals surface area contributed by atoms with E-state index in [2.05, 4.69) is 64.9 Å². The molecule has 0 spiro atoms. The molecule has 5 aliphatic carbocycles. The highest BCUT2D eigenvalue weighted by atomic mass is 32.2. The van der Waals surface area contributed by atoms with Gasteiger partial charge in [-0.25, -0.2) is 0 Å². The highest BCUT2D eigenvalue weighted by Gasteiger charge is 2.69. The van der Waals surface area contributed by atoms with E-state index < -0.39 is 15.4 Å². The molecule has 0 bridgehead atoms. The van der Waals surface area contributed by atoms with Crippen molar-refractivity contribution >= 4 is 22.0 Å². The molecule has 0 aliphatic heterocycles. The van der Waals surface area contributed by atoms with Crippen molar-refractivity contribution in [1.82, 2.24) is 14.4 Å². The smallest absolute Gasteiger partial charge is 0.312 e. The Labute approximate surface area is 323 Å². The van der Waals surface area contributed by atoms with E-state index in [0.717, 1.165) is 73.9 Å². The first-order chi connectivity index (χ1) is 25.2. The molecule has 0 amide bonds. The number of esters is 2. The van der Waals surface area contributed by atoms with E-state index in [1.54, 1.807) is 36.9 Å². The Morgan fingerprint density at radius 1 is 0.907 bits per heavy atom. The Kier molecular flexibility index (Phi) is 9.66. The number of benzene rings is 1. The average molecular weight is 762 g/mol. The number of carbonyl (C=O) groups excluding carboxylic acids is 2. The van der Waals surface area contributed by atoms with Gasteiger partial charge in [0.2, 0.25) is 0 Å². The van der Waals surface area contributed by atoms with Crippen molar-refractivity contribution in [2.24, 2.45) is 50.2 Å². The normalized spacial score (nSPS) is 36.7. The number of methoxy groups -OCH3 is 1. The van der Waals surface area contributed by atoms with Gasteiger partial charge in [-0.2, -0.15) is 8.42 Å². The van der Waals surface area contributed by atoms with Crippen molar-refractivity contribution in [3.8, 4) is 0 Å². The molecule has 0 radical (unpaired) electrons. The number of nitrogens with zero attached hydrogens (tertiary/aromatic N) is 3. The zero-order chi connectivity index (χ0) is 39.1. The summed E-state index contributed by atoms with van der Waals surface area (Å²) in [7, 11) is -2.26. The molecule has 4 fully saturated rings. The van der Waals surface area contributed by atoms with Gasteiger partial charge in [0, 0.05) is 11.8 Å². The second kappa shape index (κ2) is 13.3.